The monoisotopic (exact) mass is 565 g/mol. The first kappa shape index (κ1) is 28.6. The molecule has 1 aliphatic rings. The van der Waals surface area contributed by atoms with Gasteiger partial charge >= 0.3 is 0 Å². The number of fused-ring (bicyclic) bond motifs is 1. The standard InChI is InChI=1S/C35H35NO6/c1-24(37)36-16-15-28-20-31(41-22-25-11-7-5-8-12-25)32(42-23-26-13-9-6-10-14-26)21-29(28)30(36)17-27-18-33(38-2)35(40-4)34(19-27)39-3/h5-14,17-21H,15-16,22-23H2,1-4H3/b30-17-. The van der Waals surface area contributed by atoms with E-state index in [1.54, 1.807) is 33.2 Å². The Kier molecular flexibility index (Phi) is 8.97. The highest BCUT2D eigenvalue weighted by molar-refractivity contribution is 5.94. The topological polar surface area (TPSA) is 66.5 Å². The first-order chi connectivity index (χ1) is 20.5. The van der Waals surface area contributed by atoms with E-state index < -0.39 is 0 Å². The molecule has 0 saturated heterocycles. The second-order valence-electron chi connectivity index (χ2n) is 9.91. The average molecular weight is 566 g/mol. The number of carbonyl (C=O) groups is 1. The lowest BCUT2D eigenvalue weighted by Gasteiger charge is -2.32. The maximum Gasteiger partial charge on any atom is 0.223 e. The van der Waals surface area contributed by atoms with E-state index in [2.05, 4.69) is 0 Å². The predicted molar refractivity (Wildman–Crippen MR) is 163 cm³/mol. The van der Waals surface area contributed by atoms with Crippen LogP contribution in [0.25, 0.3) is 11.8 Å². The van der Waals surface area contributed by atoms with Crippen LogP contribution in [0.1, 0.15) is 34.7 Å². The minimum atomic E-state index is -0.0458. The van der Waals surface area contributed by atoms with Crippen LogP contribution in [0.2, 0.25) is 0 Å². The molecule has 7 heteroatoms. The molecule has 5 rings (SSSR count). The van der Waals surface area contributed by atoms with E-state index in [9.17, 15) is 4.79 Å². The number of rotatable bonds is 10. The van der Waals surface area contributed by atoms with Crippen LogP contribution < -0.4 is 23.7 Å². The Morgan fingerprint density at radius 2 is 1.29 bits per heavy atom. The number of benzene rings is 4. The van der Waals surface area contributed by atoms with Gasteiger partial charge in [-0.25, -0.2) is 0 Å². The minimum Gasteiger partial charge on any atom is -0.493 e. The van der Waals surface area contributed by atoms with Crippen LogP contribution in [-0.4, -0.2) is 38.7 Å². The molecule has 7 nitrogen and oxygen atoms in total. The molecular formula is C35H35NO6. The van der Waals surface area contributed by atoms with E-state index in [1.807, 2.05) is 91.0 Å². The Labute approximate surface area is 246 Å². The summed E-state index contributed by atoms with van der Waals surface area (Å²) in [5.41, 5.74) is 5.64. The van der Waals surface area contributed by atoms with E-state index >= 15 is 0 Å². The first-order valence-electron chi connectivity index (χ1n) is 13.8. The first-order valence-corrected chi connectivity index (χ1v) is 13.8. The van der Waals surface area contributed by atoms with Gasteiger partial charge in [-0.2, -0.15) is 0 Å². The van der Waals surface area contributed by atoms with Crippen molar-refractivity contribution in [3.8, 4) is 28.7 Å². The lowest BCUT2D eigenvalue weighted by molar-refractivity contribution is -0.125. The molecule has 0 aliphatic carbocycles. The molecule has 0 unspecified atom stereocenters. The maximum atomic E-state index is 12.8. The van der Waals surface area contributed by atoms with Crippen LogP contribution in [0.15, 0.2) is 84.9 Å². The molecule has 0 fully saturated rings. The largest absolute Gasteiger partial charge is 0.493 e. The summed E-state index contributed by atoms with van der Waals surface area (Å²) in [6.45, 7) is 2.91. The third-order valence-electron chi connectivity index (χ3n) is 7.19. The Hall–Kier alpha value is -4.91. The SMILES string of the molecule is COc1cc(/C=C2/c3cc(OCc4ccccc4)c(OCc4ccccc4)cc3CCN2C(C)=O)cc(OC)c1OC. The van der Waals surface area contributed by atoms with Gasteiger partial charge in [-0.3, -0.25) is 4.79 Å². The van der Waals surface area contributed by atoms with Crippen molar-refractivity contribution in [2.45, 2.75) is 26.6 Å². The summed E-state index contributed by atoms with van der Waals surface area (Å²) in [4.78, 5) is 14.6. The van der Waals surface area contributed by atoms with Gasteiger partial charge in [-0.1, -0.05) is 60.7 Å². The normalized spacial score (nSPS) is 13.3. The quantitative estimate of drug-likeness (QED) is 0.211. The van der Waals surface area contributed by atoms with Crippen molar-refractivity contribution < 1.29 is 28.5 Å². The Morgan fingerprint density at radius 3 is 1.79 bits per heavy atom. The zero-order valence-electron chi connectivity index (χ0n) is 24.4. The lowest BCUT2D eigenvalue weighted by Crippen LogP contribution is -2.33. The molecule has 4 aromatic rings. The molecule has 4 aromatic carbocycles. The number of nitrogens with zero attached hydrogens (tertiary/aromatic N) is 1. The number of amides is 1. The highest BCUT2D eigenvalue weighted by Gasteiger charge is 2.27. The summed E-state index contributed by atoms with van der Waals surface area (Å²) in [7, 11) is 4.74. The number of carbonyl (C=O) groups excluding carboxylic acids is 1. The van der Waals surface area contributed by atoms with Crippen LogP contribution in [0.3, 0.4) is 0 Å². The molecule has 0 atom stereocenters. The van der Waals surface area contributed by atoms with Crippen LogP contribution in [0.5, 0.6) is 28.7 Å². The average Bonchev–Trinajstić information content (AvgIpc) is 3.03. The van der Waals surface area contributed by atoms with Gasteiger partial charge in [0.2, 0.25) is 11.7 Å². The number of hydrogen-bond acceptors (Lipinski definition) is 6. The summed E-state index contributed by atoms with van der Waals surface area (Å²) in [6, 6.07) is 27.8. The van der Waals surface area contributed by atoms with Gasteiger partial charge in [0.15, 0.2) is 23.0 Å². The fourth-order valence-electron chi connectivity index (χ4n) is 5.07. The fourth-order valence-corrected chi connectivity index (χ4v) is 5.07. The molecule has 1 aliphatic heterocycles. The number of methoxy groups -OCH3 is 3. The number of hydrogen-bond donors (Lipinski definition) is 0. The molecule has 1 heterocycles. The molecule has 0 aromatic heterocycles. The fraction of sp³-hybridized carbons (Fsp3) is 0.229. The molecule has 0 spiro atoms. The molecule has 0 saturated carbocycles. The molecule has 0 N–H and O–H groups in total. The van der Waals surface area contributed by atoms with Gasteiger partial charge in [0.05, 0.1) is 27.0 Å². The molecule has 216 valence electrons. The van der Waals surface area contributed by atoms with E-state index in [0.29, 0.717) is 54.9 Å². The van der Waals surface area contributed by atoms with E-state index in [-0.39, 0.29) is 5.91 Å². The van der Waals surface area contributed by atoms with Crippen LogP contribution in [-0.2, 0) is 24.4 Å². The van der Waals surface area contributed by atoms with Gasteiger partial charge in [0.25, 0.3) is 0 Å². The zero-order valence-corrected chi connectivity index (χ0v) is 24.4. The third kappa shape index (κ3) is 6.36. The van der Waals surface area contributed by atoms with Crippen LogP contribution >= 0.6 is 0 Å². The molecule has 0 radical (unpaired) electrons. The van der Waals surface area contributed by atoms with Gasteiger partial charge in [-0.05, 0) is 59.0 Å². The van der Waals surface area contributed by atoms with Crippen molar-refractivity contribution >= 4 is 17.7 Å². The van der Waals surface area contributed by atoms with Gasteiger partial charge in [0.1, 0.15) is 13.2 Å². The summed E-state index contributed by atoms with van der Waals surface area (Å²) in [5, 5.41) is 0. The van der Waals surface area contributed by atoms with Gasteiger partial charge in [0, 0.05) is 19.0 Å². The molecule has 42 heavy (non-hydrogen) atoms. The second kappa shape index (κ2) is 13.2. The van der Waals surface area contributed by atoms with Gasteiger partial charge < -0.3 is 28.6 Å². The lowest BCUT2D eigenvalue weighted by atomic mass is 9.94. The van der Waals surface area contributed by atoms with E-state index in [0.717, 1.165) is 33.5 Å². The summed E-state index contributed by atoms with van der Waals surface area (Å²) < 4.78 is 29.3. The van der Waals surface area contributed by atoms with E-state index in [4.69, 9.17) is 23.7 Å². The highest BCUT2D eigenvalue weighted by atomic mass is 16.5. The smallest absolute Gasteiger partial charge is 0.223 e. The van der Waals surface area contributed by atoms with Crippen molar-refractivity contribution in [3.63, 3.8) is 0 Å². The summed E-state index contributed by atoms with van der Waals surface area (Å²) in [5.74, 6) is 2.80. The summed E-state index contributed by atoms with van der Waals surface area (Å²) >= 11 is 0. The van der Waals surface area contributed by atoms with Crippen molar-refractivity contribution in [1.29, 1.82) is 0 Å². The van der Waals surface area contributed by atoms with Gasteiger partial charge in [-0.15, -0.1) is 0 Å². The third-order valence-corrected chi connectivity index (χ3v) is 7.19. The second-order valence-corrected chi connectivity index (χ2v) is 9.91. The maximum absolute atomic E-state index is 12.8. The van der Waals surface area contributed by atoms with E-state index in [1.165, 1.54) is 0 Å². The van der Waals surface area contributed by atoms with Crippen molar-refractivity contribution in [1.82, 2.24) is 4.90 Å². The molecular weight excluding hydrogens is 530 g/mol. The molecule has 1 amide bonds. The van der Waals surface area contributed by atoms with Crippen molar-refractivity contribution in [2.75, 3.05) is 27.9 Å². The van der Waals surface area contributed by atoms with Crippen molar-refractivity contribution in [2.24, 2.45) is 0 Å². The van der Waals surface area contributed by atoms with Crippen LogP contribution in [0.4, 0.5) is 0 Å². The molecule has 0 bridgehead atoms. The highest BCUT2D eigenvalue weighted by Crippen LogP contribution is 2.42. The zero-order chi connectivity index (χ0) is 29.5. The minimum absolute atomic E-state index is 0.0458. The Bertz CT molecular complexity index is 1540. The summed E-state index contributed by atoms with van der Waals surface area (Å²) in [6.07, 6.45) is 2.65. The number of ether oxygens (including phenoxy) is 5. The Balaban J connectivity index is 1.59. The van der Waals surface area contributed by atoms with Crippen LogP contribution in [0, 0.1) is 0 Å². The predicted octanol–water partition coefficient (Wildman–Crippen LogP) is 6.77. The van der Waals surface area contributed by atoms with Crippen molar-refractivity contribution in [3.05, 3.63) is 113 Å². The Morgan fingerprint density at radius 1 is 0.738 bits per heavy atom.